The summed E-state index contributed by atoms with van der Waals surface area (Å²) in [5.41, 5.74) is -1.50. The molecular formula is C9H6BrF3O2. The molecular weight excluding hydrogens is 277 g/mol. The van der Waals surface area contributed by atoms with Gasteiger partial charge in [0.1, 0.15) is 5.75 Å². The smallest absolute Gasteiger partial charge is 0.417 e. The van der Waals surface area contributed by atoms with Crippen LogP contribution >= 0.6 is 15.9 Å². The Morgan fingerprint density at radius 2 is 2.00 bits per heavy atom. The highest BCUT2D eigenvalue weighted by Gasteiger charge is 2.35. The standard InChI is InChI=1S/C9H6BrF3O2/c1-15-8-5(4-14)6(9(11,12)13)2-3-7(8)10/h2-4H,1H3. The third kappa shape index (κ3) is 2.31. The maximum atomic E-state index is 12.5. The summed E-state index contributed by atoms with van der Waals surface area (Å²) in [6.45, 7) is 0. The molecule has 0 spiro atoms. The molecule has 0 saturated carbocycles. The van der Waals surface area contributed by atoms with Crippen molar-refractivity contribution < 1.29 is 22.7 Å². The number of benzene rings is 1. The van der Waals surface area contributed by atoms with E-state index in [9.17, 15) is 18.0 Å². The van der Waals surface area contributed by atoms with E-state index in [0.717, 1.165) is 6.07 Å². The van der Waals surface area contributed by atoms with Gasteiger partial charge in [-0.1, -0.05) is 0 Å². The van der Waals surface area contributed by atoms with Gasteiger partial charge >= 0.3 is 6.18 Å². The topological polar surface area (TPSA) is 26.3 Å². The van der Waals surface area contributed by atoms with Crippen molar-refractivity contribution in [1.29, 1.82) is 0 Å². The van der Waals surface area contributed by atoms with E-state index in [1.165, 1.54) is 13.2 Å². The maximum absolute atomic E-state index is 12.5. The lowest BCUT2D eigenvalue weighted by Gasteiger charge is -2.13. The second kappa shape index (κ2) is 4.22. The molecule has 0 aliphatic carbocycles. The van der Waals surface area contributed by atoms with Gasteiger partial charge < -0.3 is 4.74 Å². The summed E-state index contributed by atoms with van der Waals surface area (Å²) in [6.07, 6.45) is -4.43. The van der Waals surface area contributed by atoms with Crippen LogP contribution in [-0.4, -0.2) is 13.4 Å². The van der Waals surface area contributed by atoms with E-state index in [1.54, 1.807) is 0 Å². The van der Waals surface area contributed by atoms with E-state index in [-0.39, 0.29) is 12.0 Å². The number of carbonyl (C=O) groups excluding carboxylic acids is 1. The van der Waals surface area contributed by atoms with Crippen LogP contribution in [0.4, 0.5) is 13.2 Å². The Hall–Kier alpha value is -1.04. The molecule has 1 aromatic carbocycles. The molecule has 0 aliphatic rings. The molecule has 6 heteroatoms. The molecule has 0 aliphatic heterocycles. The molecule has 0 fully saturated rings. The molecule has 0 atom stereocenters. The number of ether oxygens (including phenoxy) is 1. The van der Waals surface area contributed by atoms with Gasteiger partial charge in [-0.3, -0.25) is 4.79 Å². The first-order valence-corrected chi connectivity index (χ1v) is 4.60. The average Bonchev–Trinajstić information content (AvgIpc) is 2.15. The lowest BCUT2D eigenvalue weighted by Crippen LogP contribution is -2.10. The summed E-state index contributed by atoms with van der Waals surface area (Å²) < 4.78 is 42.4. The lowest BCUT2D eigenvalue weighted by atomic mass is 10.1. The number of rotatable bonds is 2. The van der Waals surface area contributed by atoms with Crippen molar-refractivity contribution in [2.45, 2.75) is 6.18 Å². The fourth-order valence-corrected chi connectivity index (χ4v) is 1.65. The van der Waals surface area contributed by atoms with Gasteiger partial charge in [-0.15, -0.1) is 0 Å². The lowest BCUT2D eigenvalue weighted by molar-refractivity contribution is -0.137. The fourth-order valence-electron chi connectivity index (χ4n) is 1.14. The summed E-state index contributed by atoms with van der Waals surface area (Å²) in [6, 6.07) is 2.02. The Morgan fingerprint density at radius 1 is 1.40 bits per heavy atom. The first kappa shape index (κ1) is 12.0. The van der Waals surface area contributed by atoms with E-state index >= 15 is 0 Å². The van der Waals surface area contributed by atoms with Crippen molar-refractivity contribution in [1.82, 2.24) is 0 Å². The van der Waals surface area contributed by atoms with E-state index < -0.39 is 17.3 Å². The van der Waals surface area contributed by atoms with Gasteiger partial charge in [0.15, 0.2) is 6.29 Å². The van der Waals surface area contributed by atoms with Crippen LogP contribution in [0, 0.1) is 0 Å². The van der Waals surface area contributed by atoms with Gasteiger partial charge in [-0.2, -0.15) is 13.2 Å². The summed E-state index contributed by atoms with van der Waals surface area (Å²) >= 11 is 3.00. The van der Waals surface area contributed by atoms with E-state index in [4.69, 9.17) is 4.74 Å². The number of hydrogen-bond donors (Lipinski definition) is 0. The highest BCUT2D eigenvalue weighted by atomic mass is 79.9. The van der Waals surface area contributed by atoms with Crippen molar-refractivity contribution in [2.75, 3.05) is 7.11 Å². The zero-order chi connectivity index (χ0) is 11.6. The first-order chi connectivity index (χ1) is 6.91. The van der Waals surface area contributed by atoms with Crippen LogP contribution in [0.15, 0.2) is 16.6 Å². The van der Waals surface area contributed by atoms with Crippen molar-refractivity contribution in [3.63, 3.8) is 0 Å². The van der Waals surface area contributed by atoms with Crippen LogP contribution in [0.5, 0.6) is 5.75 Å². The predicted molar refractivity (Wildman–Crippen MR) is 51.1 cm³/mol. The molecule has 1 aromatic rings. The van der Waals surface area contributed by atoms with E-state index in [0.29, 0.717) is 4.47 Å². The Balaban J connectivity index is 3.49. The Bertz CT molecular complexity index is 388. The predicted octanol–water partition coefficient (Wildman–Crippen LogP) is 3.29. The number of carbonyl (C=O) groups is 1. The zero-order valence-electron chi connectivity index (χ0n) is 7.56. The van der Waals surface area contributed by atoms with Crippen LogP contribution in [-0.2, 0) is 6.18 Å². The zero-order valence-corrected chi connectivity index (χ0v) is 9.15. The average molecular weight is 283 g/mol. The molecule has 0 amide bonds. The minimum Gasteiger partial charge on any atom is -0.495 e. The molecule has 2 nitrogen and oxygen atoms in total. The molecule has 15 heavy (non-hydrogen) atoms. The highest BCUT2D eigenvalue weighted by Crippen LogP contribution is 2.38. The Kier molecular flexibility index (Phi) is 3.38. The molecule has 0 bridgehead atoms. The number of hydrogen-bond acceptors (Lipinski definition) is 2. The van der Waals surface area contributed by atoms with Crippen molar-refractivity contribution in [2.24, 2.45) is 0 Å². The van der Waals surface area contributed by atoms with E-state index in [1.807, 2.05) is 0 Å². The van der Waals surface area contributed by atoms with Crippen LogP contribution < -0.4 is 4.74 Å². The number of alkyl halides is 3. The summed E-state index contributed by atoms with van der Waals surface area (Å²) in [5, 5.41) is 0. The first-order valence-electron chi connectivity index (χ1n) is 3.80. The Morgan fingerprint density at radius 3 is 2.40 bits per heavy atom. The fraction of sp³-hybridized carbons (Fsp3) is 0.222. The summed E-state index contributed by atoms with van der Waals surface area (Å²) in [5.74, 6) is -0.111. The van der Waals surface area contributed by atoms with Gasteiger partial charge in [0.2, 0.25) is 0 Å². The molecule has 0 unspecified atom stereocenters. The number of halogens is 4. The molecule has 0 radical (unpaired) electrons. The van der Waals surface area contributed by atoms with Crippen molar-refractivity contribution >= 4 is 22.2 Å². The van der Waals surface area contributed by atoms with Gasteiger partial charge in [-0.05, 0) is 28.1 Å². The number of aldehydes is 1. The minimum absolute atomic E-state index is 0.111. The van der Waals surface area contributed by atoms with Crippen LogP contribution in [0.3, 0.4) is 0 Å². The van der Waals surface area contributed by atoms with Crippen LogP contribution in [0.25, 0.3) is 0 Å². The number of methoxy groups -OCH3 is 1. The van der Waals surface area contributed by atoms with Gasteiger partial charge in [-0.25, -0.2) is 0 Å². The molecule has 0 heterocycles. The van der Waals surface area contributed by atoms with Crippen LogP contribution in [0.1, 0.15) is 15.9 Å². The molecule has 0 saturated heterocycles. The van der Waals surface area contributed by atoms with E-state index in [2.05, 4.69) is 15.9 Å². The third-order valence-corrected chi connectivity index (χ3v) is 2.40. The quantitative estimate of drug-likeness (QED) is 0.778. The second-order valence-electron chi connectivity index (χ2n) is 2.66. The summed E-state index contributed by atoms with van der Waals surface area (Å²) in [7, 11) is 1.20. The second-order valence-corrected chi connectivity index (χ2v) is 3.51. The monoisotopic (exact) mass is 282 g/mol. The normalized spacial score (nSPS) is 11.3. The molecule has 0 aromatic heterocycles. The van der Waals surface area contributed by atoms with Crippen molar-refractivity contribution in [3.8, 4) is 5.75 Å². The highest BCUT2D eigenvalue weighted by molar-refractivity contribution is 9.10. The minimum atomic E-state index is -4.57. The van der Waals surface area contributed by atoms with Gasteiger partial charge in [0.25, 0.3) is 0 Å². The third-order valence-electron chi connectivity index (χ3n) is 1.78. The van der Waals surface area contributed by atoms with Crippen molar-refractivity contribution in [3.05, 3.63) is 27.7 Å². The maximum Gasteiger partial charge on any atom is 0.417 e. The Labute approximate surface area is 92.2 Å². The molecule has 82 valence electrons. The van der Waals surface area contributed by atoms with Crippen LogP contribution in [0.2, 0.25) is 0 Å². The molecule has 0 N–H and O–H groups in total. The van der Waals surface area contributed by atoms with Gasteiger partial charge in [0.05, 0.1) is 22.7 Å². The van der Waals surface area contributed by atoms with Gasteiger partial charge in [0, 0.05) is 0 Å². The largest absolute Gasteiger partial charge is 0.495 e. The SMILES string of the molecule is COc1c(Br)ccc(C(F)(F)F)c1C=O. The summed E-state index contributed by atoms with van der Waals surface area (Å²) in [4.78, 5) is 10.6. The molecule has 1 rings (SSSR count).